The molecule has 0 N–H and O–H groups in total. The summed E-state index contributed by atoms with van der Waals surface area (Å²) < 4.78 is 26.0. The highest BCUT2D eigenvalue weighted by molar-refractivity contribution is 7.89. The van der Waals surface area contributed by atoms with Gasteiger partial charge in [-0.15, -0.1) is 0 Å². The number of rotatable bonds is 5. The fourth-order valence-electron chi connectivity index (χ4n) is 3.70. The van der Waals surface area contributed by atoms with E-state index in [1.165, 1.54) is 22.3 Å². The third kappa shape index (κ3) is 4.00. The molecule has 0 aliphatic carbocycles. The Morgan fingerprint density at radius 3 is 2.23 bits per heavy atom. The Kier molecular flexibility index (Phi) is 5.80. The molecule has 4 nitrogen and oxygen atoms in total. The van der Waals surface area contributed by atoms with Gasteiger partial charge in [-0.2, -0.15) is 4.31 Å². The van der Waals surface area contributed by atoms with Crippen LogP contribution in [0.4, 0.5) is 0 Å². The van der Waals surface area contributed by atoms with Crippen LogP contribution >= 0.6 is 0 Å². The Balaban J connectivity index is 1.92. The van der Waals surface area contributed by atoms with Crippen LogP contribution in [0.2, 0.25) is 0 Å². The molecule has 0 aromatic heterocycles. The Hall–Kier alpha value is -1.69. The molecule has 0 radical (unpaired) electrons. The molecule has 5 heteroatoms. The Morgan fingerprint density at radius 2 is 1.62 bits per heavy atom. The third-order valence-corrected chi connectivity index (χ3v) is 7.12. The molecule has 1 saturated heterocycles. The minimum absolute atomic E-state index is 0.155. The molecule has 0 saturated carbocycles. The summed E-state index contributed by atoms with van der Waals surface area (Å²) in [6.45, 7) is 8.59. The van der Waals surface area contributed by atoms with Crippen molar-refractivity contribution in [2.75, 3.05) is 31.9 Å². The number of benzene rings is 2. The number of hydrogen-bond donors (Lipinski definition) is 0. The van der Waals surface area contributed by atoms with Gasteiger partial charge in [-0.05, 0) is 37.5 Å². The van der Waals surface area contributed by atoms with Gasteiger partial charge in [-0.3, -0.25) is 4.90 Å². The predicted octanol–water partition coefficient (Wildman–Crippen LogP) is 3.36. The van der Waals surface area contributed by atoms with Crippen molar-refractivity contribution < 1.29 is 8.42 Å². The first-order chi connectivity index (χ1) is 12.4. The summed E-state index contributed by atoms with van der Waals surface area (Å²) in [6.07, 6.45) is 0. The SMILES string of the molecule is CCS(=O)(=O)N1CCN([C@@H](c2ccccc2)c2cc(C)ccc2C)CC1. The van der Waals surface area contributed by atoms with Gasteiger partial charge < -0.3 is 0 Å². The zero-order valence-electron chi connectivity index (χ0n) is 15.9. The van der Waals surface area contributed by atoms with Gasteiger partial charge in [0.25, 0.3) is 0 Å². The molecule has 1 aliphatic rings. The van der Waals surface area contributed by atoms with Crippen molar-refractivity contribution >= 4 is 10.0 Å². The van der Waals surface area contributed by atoms with Gasteiger partial charge in [0, 0.05) is 26.2 Å². The normalized spacial score (nSPS) is 18.0. The van der Waals surface area contributed by atoms with E-state index >= 15 is 0 Å². The van der Waals surface area contributed by atoms with E-state index in [1.807, 2.05) is 6.07 Å². The molecule has 1 fully saturated rings. The summed E-state index contributed by atoms with van der Waals surface area (Å²) in [6, 6.07) is 17.3. The topological polar surface area (TPSA) is 40.6 Å². The maximum Gasteiger partial charge on any atom is 0.213 e. The molecule has 1 atom stereocenters. The second-order valence-corrected chi connectivity index (χ2v) is 9.27. The Labute approximate surface area is 157 Å². The van der Waals surface area contributed by atoms with Gasteiger partial charge in [-0.1, -0.05) is 54.1 Å². The van der Waals surface area contributed by atoms with Gasteiger partial charge in [0.15, 0.2) is 0 Å². The number of aryl methyl sites for hydroxylation is 2. The second-order valence-electron chi connectivity index (χ2n) is 7.01. The first kappa shape index (κ1) is 19.1. The van der Waals surface area contributed by atoms with Crippen LogP contribution in [-0.4, -0.2) is 49.6 Å². The van der Waals surface area contributed by atoms with Crippen LogP contribution < -0.4 is 0 Å². The van der Waals surface area contributed by atoms with E-state index in [0.29, 0.717) is 13.1 Å². The lowest BCUT2D eigenvalue weighted by Gasteiger charge is -2.39. The quantitative estimate of drug-likeness (QED) is 0.808. The van der Waals surface area contributed by atoms with E-state index in [9.17, 15) is 8.42 Å². The summed E-state index contributed by atoms with van der Waals surface area (Å²) in [5.41, 5.74) is 5.09. The minimum Gasteiger partial charge on any atom is -0.290 e. The molecule has 0 amide bonds. The summed E-state index contributed by atoms with van der Waals surface area (Å²) in [5, 5.41) is 0. The standard InChI is InChI=1S/C21H28N2O2S/c1-4-26(24,25)23-14-12-22(13-15-23)21(19-8-6-5-7-9-19)20-16-17(2)10-11-18(20)3/h5-11,16,21H,4,12-15H2,1-3H3/t21-/m0/s1. The van der Waals surface area contributed by atoms with Crippen LogP contribution in [0, 0.1) is 13.8 Å². The van der Waals surface area contributed by atoms with Gasteiger partial charge in [0.2, 0.25) is 10.0 Å². The molecule has 0 spiro atoms. The average molecular weight is 373 g/mol. The highest BCUT2D eigenvalue weighted by Crippen LogP contribution is 2.32. The molecule has 0 unspecified atom stereocenters. The van der Waals surface area contributed by atoms with E-state index in [4.69, 9.17) is 0 Å². The van der Waals surface area contributed by atoms with Crippen molar-refractivity contribution in [2.45, 2.75) is 26.8 Å². The Bertz CT molecular complexity index is 842. The first-order valence-electron chi connectivity index (χ1n) is 9.26. The van der Waals surface area contributed by atoms with Crippen molar-refractivity contribution in [3.63, 3.8) is 0 Å². The molecular formula is C21H28N2O2S. The first-order valence-corrected chi connectivity index (χ1v) is 10.9. The highest BCUT2D eigenvalue weighted by Gasteiger charge is 2.31. The zero-order chi connectivity index (χ0) is 18.7. The lowest BCUT2D eigenvalue weighted by atomic mass is 9.92. The van der Waals surface area contributed by atoms with Crippen LogP contribution in [0.1, 0.15) is 35.2 Å². The maximum atomic E-state index is 12.2. The number of nitrogens with zero attached hydrogens (tertiary/aromatic N) is 2. The smallest absolute Gasteiger partial charge is 0.213 e. The summed E-state index contributed by atoms with van der Waals surface area (Å²) in [5.74, 6) is 0.173. The fourth-order valence-corrected chi connectivity index (χ4v) is 4.78. The maximum absolute atomic E-state index is 12.2. The molecule has 2 aromatic carbocycles. The molecule has 140 valence electrons. The monoisotopic (exact) mass is 372 g/mol. The van der Waals surface area contributed by atoms with E-state index in [0.717, 1.165) is 13.1 Å². The third-order valence-electron chi connectivity index (χ3n) is 5.24. The van der Waals surface area contributed by atoms with Crippen molar-refractivity contribution in [2.24, 2.45) is 0 Å². The van der Waals surface area contributed by atoms with Crippen molar-refractivity contribution in [1.82, 2.24) is 9.21 Å². The lowest BCUT2D eigenvalue weighted by Crippen LogP contribution is -2.50. The molecule has 0 bridgehead atoms. The van der Waals surface area contributed by atoms with Gasteiger partial charge >= 0.3 is 0 Å². The van der Waals surface area contributed by atoms with Crippen LogP contribution in [0.25, 0.3) is 0 Å². The van der Waals surface area contributed by atoms with Crippen molar-refractivity contribution in [3.05, 3.63) is 70.8 Å². The second kappa shape index (κ2) is 7.91. The minimum atomic E-state index is -3.11. The molecule has 1 heterocycles. The number of piperazine rings is 1. The summed E-state index contributed by atoms with van der Waals surface area (Å²) in [4.78, 5) is 2.42. The fraction of sp³-hybridized carbons (Fsp3) is 0.429. The highest BCUT2D eigenvalue weighted by atomic mass is 32.2. The van der Waals surface area contributed by atoms with E-state index in [2.05, 4.69) is 61.2 Å². The van der Waals surface area contributed by atoms with Gasteiger partial charge in [-0.25, -0.2) is 8.42 Å². The number of hydrogen-bond acceptors (Lipinski definition) is 3. The van der Waals surface area contributed by atoms with Crippen LogP contribution in [0.3, 0.4) is 0 Å². The van der Waals surface area contributed by atoms with Crippen molar-refractivity contribution in [3.8, 4) is 0 Å². The molecule has 1 aliphatic heterocycles. The van der Waals surface area contributed by atoms with E-state index < -0.39 is 10.0 Å². The van der Waals surface area contributed by atoms with Crippen LogP contribution in [0.15, 0.2) is 48.5 Å². The summed E-state index contributed by atoms with van der Waals surface area (Å²) >= 11 is 0. The van der Waals surface area contributed by atoms with Crippen LogP contribution in [-0.2, 0) is 10.0 Å². The van der Waals surface area contributed by atoms with Crippen molar-refractivity contribution in [1.29, 1.82) is 0 Å². The largest absolute Gasteiger partial charge is 0.290 e. The molecule has 3 rings (SSSR count). The molecular weight excluding hydrogens is 344 g/mol. The van der Waals surface area contributed by atoms with Crippen LogP contribution in [0.5, 0.6) is 0 Å². The average Bonchev–Trinajstić information content (AvgIpc) is 2.66. The molecule has 2 aromatic rings. The number of sulfonamides is 1. The summed E-state index contributed by atoms with van der Waals surface area (Å²) in [7, 11) is -3.11. The van der Waals surface area contributed by atoms with Gasteiger partial charge in [0.05, 0.1) is 11.8 Å². The van der Waals surface area contributed by atoms with E-state index in [-0.39, 0.29) is 11.8 Å². The Morgan fingerprint density at radius 1 is 0.962 bits per heavy atom. The zero-order valence-corrected chi connectivity index (χ0v) is 16.7. The van der Waals surface area contributed by atoms with E-state index in [1.54, 1.807) is 11.2 Å². The van der Waals surface area contributed by atoms with Gasteiger partial charge in [0.1, 0.15) is 0 Å². The molecule has 26 heavy (non-hydrogen) atoms. The lowest BCUT2D eigenvalue weighted by molar-refractivity contribution is 0.155. The predicted molar refractivity (Wildman–Crippen MR) is 107 cm³/mol.